The van der Waals surface area contributed by atoms with Crippen molar-refractivity contribution in [2.45, 2.75) is 78.4 Å². The van der Waals surface area contributed by atoms with E-state index in [1.807, 2.05) is 11.3 Å². The van der Waals surface area contributed by atoms with Crippen molar-refractivity contribution < 1.29 is 0 Å². The van der Waals surface area contributed by atoms with Crippen LogP contribution < -0.4 is 10.2 Å². The molecule has 0 radical (unpaired) electrons. The van der Waals surface area contributed by atoms with E-state index >= 15 is 0 Å². The zero-order chi connectivity index (χ0) is 14.5. The Kier molecular flexibility index (Phi) is 5.85. The summed E-state index contributed by atoms with van der Waals surface area (Å²) in [6.45, 7) is 11.0. The molecular weight excluding hydrogens is 266 g/mol. The third kappa shape index (κ3) is 3.95. The lowest BCUT2D eigenvalue weighted by Crippen LogP contribution is -2.34. The lowest BCUT2D eigenvalue weighted by molar-refractivity contribution is 0.555. The Morgan fingerprint density at radius 2 is 2.15 bits per heavy atom. The van der Waals surface area contributed by atoms with Crippen LogP contribution in [0.3, 0.4) is 0 Å². The quantitative estimate of drug-likeness (QED) is 0.886. The van der Waals surface area contributed by atoms with Crippen LogP contribution in [0.25, 0.3) is 0 Å². The number of aryl methyl sites for hydroxylation is 1. The van der Waals surface area contributed by atoms with E-state index in [1.54, 1.807) is 0 Å². The van der Waals surface area contributed by atoms with Crippen molar-refractivity contribution in [2.24, 2.45) is 0 Å². The molecule has 0 aliphatic carbocycles. The summed E-state index contributed by atoms with van der Waals surface area (Å²) in [6.07, 6.45) is 6.63. The molecular formula is C16H29N3S. The summed E-state index contributed by atoms with van der Waals surface area (Å²) in [7, 11) is 0. The van der Waals surface area contributed by atoms with Gasteiger partial charge in [0.15, 0.2) is 5.13 Å². The van der Waals surface area contributed by atoms with Crippen LogP contribution >= 0.6 is 11.3 Å². The van der Waals surface area contributed by atoms with Crippen LogP contribution in [0.1, 0.15) is 63.4 Å². The molecule has 1 aliphatic heterocycles. The van der Waals surface area contributed by atoms with Crippen LogP contribution in [-0.2, 0) is 6.54 Å². The minimum absolute atomic E-state index is 0.529. The first-order valence-corrected chi connectivity index (χ1v) is 8.89. The third-order valence-electron chi connectivity index (χ3n) is 4.15. The zero-order valence-corrected chi connectivity index (χ0v) is 14.2. The van der Waals surface area contributed by atoms with Gasteiger partial charge in [-0.15, -0.1) is 11.3 Å². The Balaban J connectivity index is 2.12. The number of thiazole rings is 1. The van der Waals surface area contributed by atoms with Gasteiger partial charge >= 0.3 is 0 Å². The molecule has 20 heavy (non-hydrogen) atoms. The molecule has 0 spiro atoms. The molecule has 1 aliphatic rings. The van der Waals surface area contributed by atoms with Gasteiger partial charge in [-0.2, -0.15) is 0 Å². The van der Waals surface area contributed by atoms with Crippen molar-refractivity contribution >= 4 is 16.5 Å². The van der Waals surface area contributed by atoms with E-state index in [1.165, 1.54) is 54.4 Å². The predicted octanol–water partition coefficient (Wildman–Crippen LogP) is 4.11. The summed E-state index contributed by atoms with van der Waals surface area (Å²) >= 11 is 1.89. The van der Waals surface area contributed by atoms with E-state index in [4.69, 9.17) is 4.98 Å². The maximum atomic E-state index is 4.86. The molecule has 3 nitrogen and oxygen atoms in total. The average molecular weight is 295 g/mol. The molecule has 1 fully saturated rings. The maximum Gasteiger partial charge on any atom is 0.186 e. The molecule has 114 valence electrons. The number of rotatable bonds is 5. The minimum Gasteiger partial charge on any atom is -0.345 e. The highest BCUT2D eigenvalue weighted by molar-refractivity contribution is 7.15. The topological polar surface area (TPSA) is 28.2 Å². The van der Waals surface area contributed by atoms with E-state index in [0.717, 1.165) is 6.54 Å². The molecule has 1 atom stereocenters. The highest BCUT2D eigenvalue weighted by Crippen LogP contribution is 2.31. The molecule has 4 heteroatoms. The van der Waals surface area contributed by atoms with E-state index < -0.39 is 0 Å². The molecule has 1 N–H and O–H groups in total. The molecule has 0 aromatic carbocycles. The lowest BCUT2D eigenvalue weighted by Gasteiger charge is -2.28. The fourth-order valence-electron chi connectivity index (χ4n) is 2.85. The summed E-state index contributed by atoms with van der Waals surface area (Å²) < 4.78 is 0. The van der Waals surface area contributed by atoms with Gasteiger partial charge in [-0.1, -0.05) is 33.6 Å². The van der Waals surface area contributed by atoms with Crippen LogP contribution in [0.4, 0.5) is 5.13 Å². The maximum absolute atomic E-state index is 4.86. The first-order valence-electron chi connectivity index (χ1n) is 8.08. The van der Waals surface area contributed by atoms with E-state index in [-0.39, 0.29) is 0 Å². The summed E-state index contributed by atoms with van der Waals surface area (Å²) in [4.78, 5) is 8.83. The standard InChI is InChI=1S/C16H29N3S/c1-5-14-9-7-6-8-10-19(14)16-18-13(4)15(20-16)11-17-12(2)3/h12,14,17H,5-11H2,1-4H3. The van der Waals surface area contributed by atoms with E-state index in [0.29, 0.717) is 12.1 Å². The normalized spacial score (nSPS) is 20.4. The molecule has 2 rings (SSSR count). The van der Waals surface area contributed by atoms with Gasteiger partial charge in [-0.3, -0.25) is 0 Å². The Hall–Kier alpha value is -0.610. The van der Waals surface area contributed by atoms with Gasteiger partial charge in [-0.25, -0.2) is 4.98 Å². The van der Waals surface area contributed by atoms with Gasteiger partial charge < -0.3 is 10.2 Å². The highest BCUT2D eigenvalue weighted by atomic mass is 32.1. The first-order chi connectivity index (χ1) is 9.61. The van der Waals surface area contributed by atoms with Crippen molar-refractivity contribution in [3.05, 3.63) is 10.6 Å². The second-order valence-electron chi connectivity index (χ2n) is 6.15. The fourth-order valence-corrected chi connectivity index (χ4v) is 3.96. The Bertz CT molecular complexity index is 414. The number of nitrogens with one attached hydrogen (secondary N) is 1. The molecule has 0 bridgehead atoms. The summed E-state index contributed by atoms with van der Waals surface area (Å²) in [5.41, 5.74) is 1.21. The predicted molar refractivity (Wildman–Crippen MR) is 88.7 cm³/mol. The Morgan fingerprint density at radius 3 is 2.85 bits per heavy atom. The minimum atomic E-state index is 0.529. The molecule has 1 aromatic heterocycles. The van der Waals surface area contributed by atoms with Crippen molar-refractivity contribution in [2.75, 3.05) is 11.4 Å². The Labute approximate surface area is 127 Å². The van der Waals surface area contributed by atoms with Crippen molar-refractivity contribution in [1.29, 1.82) is 0 Å². The van der Waals surface area contributed by atoms with Gasteiger partial charge in [0.25, 0.3) is 0 Å². The second-order valence-corrected chi connectivity index (χ2v) is 7.21. The molecule has 1 saturated heterocycles. The van der Waals surface area contributed by atoms with Gasteiger partial charge in [0.05, 0.1) is 5.69 Å². The molecule has 1 aromatic rings. The SMILES string of the molecule is CCC1CCCCCN1c1nc(C)c(CNC(C)C)s1. The average Bonchev–Trinajstić information content (AvgIpc) is 2.64. The molecule has 0 amide bonds. The first kappa shape index (κ1) is 15.8. The molecule has 1 unspecified atom stereocenters. The van der Waals surface area contributed by atoms with Gasteiger partial charge in [-0.05, 0) is 26.2 Å². The van der Waals surface area contributed by atoms with Crippen LogP contribution in [-0.4, -0.2) is 23.6 Å². The number of nitrogens with zero attached hydrogens (tertiary/aromatic N) is 2. The van der Waals surface area contributed by atoms with E-state index in [9.17, 15) is 0 Å². The Morgan fingerprint density at radius 1 is 1.35 bits per heavy atom. The van der Waals surface area contributed by atoms with Gasteiger partial charge in [0.2, 0.25) is 0 Å². The number of hydrogen-bond acceptors (Lipinski definition) is 4. The van der Waals surface area contributed by atoms with Crippen LogP contribution in [0.2, 0.25) is 0 Å². The largest absolute Gasteiger partial charge is 0.345 e. The highest BCUT2D eigenvalue weighted by Gasteiger charge is 2.23. The van der Waals surface area contributed by atoms with Crippen LogP contribution in [0.5, 0.6) is 0 Å². The molecule has 2 heterocycles. The second kappa shape index (κ2) is 7.41. The van der Waals surface area contributed by atoms with Crippen LogP contribution in [0.15, 0.2) is 0 Å². The fraction of sp³-hybridized carbons (Fsp3) is 0.812. The monoisotopic (exact) mass is 295 g/mol. The summed E-state index contributed by atoms with van der Waals surface area (Å²) in [6, 6.07) is 1.22. The molecule has 0 saturated carbocycles. The zero-order valence-electron chi connectivity index (χ0n) is 13.4. The van der Waals surface area contributed by atoms with Crippen molar-refractivity contribution in [1.82, 2.24) is 10.3 Å². The third-order valence-corrected chi connectivity index (χ3v) is 5.34. The summed E-state index contributed by atoms with van der Waals surface area (Å²) in [5, 5.41) is 4.76. The number of aromatic nitrogens is 1. The number of anilines is 1. The van der Waals surface area contributed by atoms with Gasteiger partial charge in [0, 0.05) is 30.1 Å². The van der Waals surface area contributed by atoms with Crippen LogP contribution in [0, 0.1) is 6.92 Å². The smallest absolute Gasteiger partial charge is 0.186 e. The number of hydrogen-bond donors (Lipinski definition) is 1. The lowest BCUT2D eigenvalue weighted by atomic mass is 10.1. The van der Waals surface area contributed by atoms with E-state index in [2.05, 4.69) is 37.9 Å². The van der Waals surface area contributed by atoms with Crippen molar-refractivity contribution in [3.8, 4) is 0 Å². The van der Waals surface area contributed by atoms with Crippen molar-refractivity contribution in [3.63, 3.8) is 0 Å². The van der Waals surface area contributed by atoms with Gasteiger partial charge in [0.1, 0.15) is 0 Å². The summed E-state index contributed by atoms with van der Waals surface area (Å²) in [5.74, 6) is 0.